The largest absolute Gasteiger partial charge is 0.342 e. The van der Waals surface area contributed by atoms with Crippen LogP contribution in [0.2, 0.25) is 0 Å². The molecule has 108 valence electrons. The van der Waals surface area contributed by atoms with Gasteiger partial charge in [-0.2, -0.15) is 0 Å². The molecule has 6 heteroatoms. The van der Waals surface area contributed by atoms with Crippen molar-refractivity contribution >= 4 is 36.8 Å². The van der Waals surface area contributed by atoms with Gasteiger partial charge < -0.3 is 4.57 Å². The van der Waals surface area contributed by atoms with Gasteiger partial charge >= 0.3 is 0 Å². The third-order valence-electron chi connectivity index (χ3n) is 3.44. The zero-order valence-electron chi connectivity index (χ0n) is 11.5. The lowest BCUT2D eigenvalue weighted by Gasteiger charge is -2.05. The summed E-state index contributed by atoms with van der Waals surface area (Å²) in [5.41, 5.74) is 3.88. The summed E-state index contributed by atoms with van der Waals surface area (Å²) in [5, 5.41) is 0. The molecule has 0 radical (unpaired) electrons. The van der Waals surface area contributed by atoms with Gasteiger partial charge in [0.05, 0.1) is 21.6 Å². The normalized spacial score (nSPS) is 12.0. The Labute approximate surface area is 131 Å². The van der Waals surface area contributed by atoms with Gasteiger partial charge in [-0.05, 0) is 45.8 Å². The Morgan fingerprint density at radius 3 is 2.43 bits per heavy atom. The summed E-state index contributed by atoms with van der Waals surface area (Å²) in [4.78, 5) is 4.71. The van der Waals surface area contributed by atoms with Crippen LogP contribution in [0.15, 0.2) is 52.0 Å². The van der Waals surface area contributed by atoms with Gasteiger partial charge in [-0.15, -0.1) is 0 Å². The molecule has 0 fully saturated rings. The second kappa shape index (κ2) is 4.96. The van der Waals surface area contributed by atoms with Crippen LogP contribution in [0.4, 0.5) is 0 Å². The Bertz CT molecular complexity index is 928. The molecule has 0 amide bonds. The number of aromatic nitrogens is 2. The number of aryl methyl sites for hydroxylation is 1. The van der Waals surface area contributed by atoms with Gasteiger partial charge in [-0.1, -0.05) is 12.1 Å². The van der Waals surface area contributed by atoms with E-state index >= 15 is 0 Å². The van der Waals surface area contributed by atoms with Crippen molar-refractivity contribution in [3.8, 4) is 11.3 Å². The van der Waals surface area contributed by atoms with Crippen molar-refractivity contribution < 1.29 is 8.42 Å². The zero-order chi connectivity index (χ0) is 15.2. The highest BCUT2D eigenvalue weighted by Crippen LogP contribution is 2.28. The van der Waals surface area contributed by atoms with Crippen molar-refractivity contribution in [3.05, 3.63) is 47.1 Å². The number of halogens is 1. The van der Waals surface area contributed by atoms with Crippen LogP contribution in [0.25, 0.3) is 22.3 Å². The zero-order valence-corrected chi connectivity index (χ0v) is 13.9. The van der Waals surface area contributed by atoms with Gasteiger partial charge in [0.25, 0.3) is 0 Å². The van der Waals surface area contributed by atoms with Crippen LogP contribution in [0.3, 0.4) is 0 Å². The molecule has 21 heavy (non-hydrogen) atoms. The van der Waals surface area contributed by atoms with Crippen LogP contribution >= 0.6 is 15.9 Å². The van der Waals surface area contributed by atoms with Gasteiger partial charge in [0.15, 0.2) is 9.84 Å². The number of nitrogens with zero attached hydrogens (tertiary/aromatic N) is 2. The molecule has 0 bridgehead atoms. The van der Waals surface area contributed by atoms with E-state index in [0.29, 0.717) is 4.90 Å². The molecule has 1 aromatic carbocycles. The molecule has 0 aliphatic rings. The summed E-state index contributed by atoms with van der Waals surface area (Å²) < 4.78 is 26.0. The molecular formula is C15H13BrN2O2S. The summed E-state index contributed by atoms with van der Waals surface area (Å²) in [6, 6.07) is 10.9. The predicted molar refractivity (Wildman–Crippen MR) is 87.0 cm³/mol. The molecule has 0 saturated carbocycles. The minimum atomic E-state index is -3.17. The molecule has 0 spiro atoms. The number of hydrogen-bond acceptors (Lipinski definition) is 3. The predicted octanol–water partition coefficient (Wildman–Crippen LogP) is 3.41. The topological polar surface area (TPSA) is 52.0 Å². The highest BCUT2D eigenvalue weighted by molar-refractivity contribution is 9.10. The Morgan fingerprint density at radius 1 is 1.14 bits per heavy atom. The van der Waals surface area contributed by atoms with Crippen LogP contribution in [-0.4, -0.2) is 24.2 Å². The molecule has 0 unspecified atom stereocenters. The average Bonchev–Trinajstić information content (AvgIpc) is 2.75. The smallest absolute Gasteiger partial charge is 0.175 e. The van der Waals surface area contributed by atoms with Crippen LogP contribution < -0.4 is 0 Å². The van der Waals surface area contributed by atoms with E-state index in [1.807, 2.05) is 35.9 Å². The van der Waals surface area contributed by atoms with Gasteiger partial charge in [0.1, 0.15) is 0 Å². The van der Waals surface area contributed by atoms with Gasteiger partial charge in [-0.25, -0.2) is 8.42 Å². The Kier molecular flexibility index (Phi) is 3.37. The first-order chi connectivity index (χ1) is 9.86. The van der Waals surface area contributed by atoms with Crippen molar-refractivity contribution in [1.82, 2.24) is 9.55 Å². The quantitative estimate of drug-likeness (QED) is 0.699. The van der Waals surface area contributed by atoms with Gasteiger partial charge in [0.2, 0.25) is 0 Å². The average molecular weight is 365 g/mol. The molecule has 0 N–H and O–H groups in total. The van der Waals surface area contributed by atoms with Crippen LogP contribution in [0.5, 0.6) is 0 Å². The number of rotatable bonds is 2. The molecule has 0 aliphatic carbocycles. The maximum absolute atomic E-state index is 11.5. The van der Waals surface area contributed by atoms with Crippen molar-refractivity contribution in [1.29, 1.82) is 0 Å². The van der Waals surface area contributed by atoms with E-state index in [0.717, 1.165) is 26.8 Å². The summed E-state index contributed by atoms with van der Waals surface area (Å²) >= 11 is 3.42. The van der Waals surface area contributed by atoms with E-state index in [9.17, 15) is 8.42 Å². The molecule has 3 aromatic rings. The number of pyridine rings is 1. The van der Waals surface area contributed by atoms with Gasteiger partial charge in [0, 0.05) is 24.0 Å². The summed E-state index contributed by atoms with van der Waals surface area (Å²) in [7, 11) is -1.20. The summed E-state index contributed by atoms with van der Waals surface area (Å²) in [5.74, 6) is 0. The van der Waals surface area contributed by atoms with E-state index in [2.05, 4.69) is 20.9 Å². The number of hydrogen-bond donors (Lipinski definition) is 0. The van der Waals surface area contributed by atoms with E-state index in [1.54, 1.807) is 18.3 Å². The molecule has 2 aromatic heterocycles. The highest BCUT2D eigenvalue weighted by atomic mass is 79.9. The van der Waals surface area contributed by atoms with Crippen molar-refractivity contribution in [2.45, 2.75) is 4.90 Å². The van der Waals surface area contributed by atoms with Crippen LogP contribution in [0.1, 0.15) is 0 Å². The number of fused-ring (bicyclic) bond motifs is 1. The Balaban J connectivity index is 2.14. The number of sulfone groups is 1. The lowest BCUT2D eigenvalue weighted by Crippen LogP contribution is -1.97. The van der Waals surface area contributed by atoms with E-state index < -0.39 is 9.84 Å². The van der Waals surface area contributed by atoms with Gasteiger partial charge in [-0.3, -0.25) is 4.98 Å². The van der Waals surface area contributed by atoms with Crippen molar-refractivity contribution in [2.75, 3.05) is 6.26 Å². The molecule has 0 atom stereocenters. The monoisotopic (exact) mass is 364 g/mol. The first-order valence-electron chi connectivity index (χ1n) is 6.28. The molecule has 4 nitrogen and oxygen atoms in total. The van der Waals surface area contributed by atoms with Crippen LogP contribution in [0, 0.1) is 0 Å². The van der Waals surface area contributed by atoms with Crippen LogP contribution in [-0.2, 0) is 16.9 Å². The molecule has 3 rings (SSSR count). The lowest BCUT2D eigenvalue weighted by molar-refractivity contribution is 0.602. The standard InChI is InChI=1S/C15H13BrN2O2S/c1-18-14(8-13-15(18)7-11(16)9-17-13)10-3-5-12(6-4-10)21(2,19)20/h3-9H,1-2H3. The fourth-order valence-electron chi connectivity index (χ4n) is 2.32. The summed E-state index contributed by atoms with van der Waals surface area (Å²) in [6.45, 7) is 0. The molecule has 2 heterocycles. The molecular weight excluding hydrogens is 352 g/mol. The maximum Gasteiger partial charge on any atom is 0.175 e. The highest BCUT2D eigenvalue weighted by Gasteiger charge is 2.11. The van der Waals surface area contributed by atoms with Crippen molar-refractivity contribution in [2.24, 2.45) is 7.05 Å². The molecule has 0 saturated heterocycles. The third kappa shape index (κ3) is 2.61. The van der Waals surface area contributed by atoms with E-state index in [1.165, 1.54) is 6.26 Å². The fourth-order valence-corrected chi connectivity index (χ4v) is 3.27. The van der Waals surface area contributed by atoms with E-state index in [4.69, 9.17) is 0 Å². The van der Waals surface area contributed by atoms with E-state index in [-0.39, 0.29) is 0 Å². The lowest BCUT2D eigenvalue weighted by atomic mass is 10.1. The van der Waals surface area contributed by atoms with Crippen molar-refractivity contribution in [3.63, 3.8) is 0 Å². The first kappa shape index (κ1) is 14.3. The third-order valence-corrected chi connectivity index (χ3v) is 5.00. The summed E-state index contributed by atoms with van der Waals surface area (Å²) in [6.07, 6.45) is 2.97. The minimum absolute atomic E-state index is 0.325. The number of benzene rings is 1. The fraction of sp³-hybridized carbons (Fsp3) is 0.133. The second-order valence-corrected chi connectivity index (χ2v) is 7.87. The maximum atomic E-state index is 11.5. The Hall–Kier alpha value is -1.66. The minimum Gasteiger partial charge on any atom is -0.342 e. The molecule has 0 aliphatic heterocycles. The Morgan fingerprint density at radius 2 is 1.81 bits per heavy atom. The SMILES string of the molecule is Cn1c(-c2ccc(S(C)(=O)=O)cc2)cc2ncc(Br)cc21. The second-order valence-electron chi connectivity index (χ2n) is 4.94. The first-order valence-corrected chi connectivity index (χ1v) is 8.96.